The largest absolute Gasteiger partial charge is 0.479 e. The van der Waals surface area contributed by atoms with Gasteiger partial charge in [0, 0.05) is 6.42 Å². The van der Waals surface area contributed by atoms with Crippen LogP contribution in [0.1, 0.15) is 6.42 Å². The number of carboxylic acids is 1. The molecule has 0 aromatic carbocycles. The van der Waals surface area contributed by atoms with Crippen LogP contribution in [0.2, 0.25) is 0 Å². The molecular formula is C9H7N5O5. The minimum absolute atomic E-state index is 0.249. The number of guanidine groups is 1. The Morgan fingerprint density at radius 1 is 1.32 bits per heavy atom. The third-order valence-electron chi connectivity index (χ3n) is 2.25. The van der Waals surface area contributed by atoms with E-state index in [1.54, 1.807) is 0 Å². The van der Waals surface area contributed by atoms with Crippen molar-refractivity contribution in [2.75, 3.05) is 0 Å². The van der Waals surface area contributed by atoms with Gasteiger partial charge in [0.2, 0.25) is 5.96 Å². The number of carbonyl (C=O) groups excluding carboxylic acids is 2. The van der Waals surface area contributed by atoms with Crippen molar-refractivity contribution in [1.82, 2.24) is 5.32 Å². The third kappa shape index (κ3) is 2.42. The van der Waals surface area contributed by atoms with Crippen molar-refractivity contribution in [1.29, 1.82) is 5.41 Å². The number of nitrogens with zero attached hydrogens (tertiary/aromatic N) is 3. The predicted octanol–water partition coefficient (Wildman–Crippen LogP) is -2.29. The number of hydrogen-bond acceptors (Lipinski definition) is 6. The number of carboxylic acid groups (broad SMARTS) is 1. The molecule has 2 rings (SSSR count). The molecule has 0 aromatic heterocycles. The third-order valence-corrected chi connectivity index (χ3v) is 2.25. The summed E-state index contributed by atoms with van der Waals surface area (Å²) in [6.45, 7) is 0. The molecule has 0 saturated heterocycles. The number of nitrogens with one attached hydrogen (secondary N) is 2. The van der Waals surface area contributed by atoms with Gasteiger partial charge in [-0.05, 0) is 0 Å². The van der Waals surface area contributed by atoms with Gasteiger partial charge in [0.05, 0.1) is 0 Å². The Kier molecular flexibility index (Phi) is 3.00. The Balaban J connectivity index is 2.32. The van der Waals surface area contributed by atoms with Gasteiger partial charge in [-0.15, -0.1) is 0 Å². The molecule has 2 aliphatic rings. The number of hydrogen-bond donors (Lipinski definition) is 4. The first kappa shape index (κ1) is 12.7. The summed E-state index contributed by atoms with van der Waals surface area (Å²) >= 11 is 0. The summed E-state index contributed by atoms with van der Waals surface area (Å²) in [6.07, 6.45) is -2.37. The van der Waals surface area contributed by atoms with Gasteiger partial charge in [0.15, 0.2) is 17.7 Å². The van der Waals surface area contributed by atoms with Crippen LogP contribution in [0, 0.1) is 5.41 Å². The Bertz CT molecular complexity index is 602. The molecule has 0 aromatic rings. The van der Waals surface area contributed by atoms with E-state index in [1.165, 1.54) is 0 Å². The first-order valence-corrected chi connectivity index (χ1v) is 4.99. The quantitative estimate of drug-likeness (QED) is 0.450. The van der Waals surface area contributed by atoms with E-state index in [0.29, 0.717) is 0 Å². The van der Waals surface area contributed by atoms with Crippen molar-refractivity contribution in [2.24, 2.45) is 15.0 Å². The van der Waals surface area contributed by atoms with Gasteiger partial charge in [0.1, 0.15) is 5.71 Å². The molecule has 0 saturated carbocycles. The highest BCUT2D eigenvalue weighted by Gasteiger charge is 2.32. The number of amidine groups is 1. The van der Waals surface area contributed by atoms with Crippen molar-refractivity contribution >= 4 is 41.0 Å². The summed E-state index contributed by atoms with van der Waals surface area (Å²) in [5.74, 6) is -3.93. The second-order valence-corrected chi connectivity index (χ2v) is 3.62. The smallest absolute Gasteiger partial charge is 0.332 e. The molecular weight excluding hydrogens is 258 g/mol. The molecule has 2 heterocycles. The average Bonchev–Trinajstić information content (AvgIpc) is 2.31. The van der Waals surface area contributed by atoms with Crippen LogP contribution in [-0.2, 0) is 14.4 Å². The number of aliphatic carboxylic acids is 1. The van der Waals surface area contributed by atoms with E-state index in [0.717, 1.165) is 0 Å². The number of carbonyl (C=O) groups is 3. The van der Waals surface area contributed by atoms with Crippen LogP contribution in [0.5, 0.6) is 0 Å². The predicted molar refractivity (Wildman–Crippen MR) is 61.4 cm³/mol. The molecule has 10 nitrogen and oxygen atoms in total. The zero-order valence-corrected chi connectivity index (χ0v) is 9.25. The minimum Gasteiger partial charge on any atom is -0.479 e. The maximum absolute atomic E-state index is 11.5. The second kappa shape index (κ2) is 4.49. The molecule has 4 N–H and O–H groups in total. The second-order valence-electron chi connectivity index (χ2n) is 3.62. The number of rotatable bonds is 3. The lowest BCUT2D eigenvalue weighted by Gasteiger charge is -2.17. The van der Waals surface area contributed by atoms with Crippen molar-refractivity contribution in [2.45, 2.75) is 12.5 Å². The molecule has 0 bridgehead atoms. The maximum atomic E-state index is 11.5. The SMILES string of the molecule is N=C1N=C2N=C(C[C@@H](O)C(=O)O)C(=O)N=C2C(=O)N1. The number of aliphatic hydroxyl groups is 1. The average molecular weight is 265 g/mol. The Hall–Kier alpha value is -2.75. The van der Waals surface area contributed by atoms with Gasteiger partial charge in [-0.3, -0.25) is 20.3 Å². The minimum atomic E-state index is -1.81. The maximum Gasteiger partial charge on any atom is 0.332 e. The molecule has 0 aliphatic carbocycles. The summed E-state index contributed by atoms with van der Waals surface area (Å²) in [5, 5.41) is 26.9. The van der Waals surface area contributed by atoms with Gasteiger partial charge in [0.25, 0.3) is 11.8 Å². The van der Waals surface area contributed by atoms with E-state index >= 15 is 0 Å². The van der Waals surface area contributed by atoms with Crippen LogP contribution in [0.25, 0.3) is 0 Å². The fourth-order valence-corrected chi connectivity index (χ4v) is 1.38. The van der Waals surface area contributed by atoms with Gasteiger partial charge >= 0.3 is 5.97 Å². The van der Waals surface area contributed by atoms with Crippen LogP contribution in [0.4, 0.5) is 0 Å². The van der Waals surface area contributed by atoms with Crippen molar-refractivity contribution in [3.8, 4) is 0 Å². The van der Waals surface area contributed by atoms with Crippen LogP contribution >= 0.6 is 0 Å². The van der Waals surface area contributed by atoms with E-state index in [2.05, 4.69) is 15.0 Å². The molecule has 0 fully saturated rings. The highest BCUT2D eigenvalue weighted by Crippen LogP contribution is 2.08. The lowest BCUT2D eigenvalue weighted by atomic mass is 10.1. The zero-order valence-electron chi connectivity index (χ0n) is 9.25. The Morgan fingerprint density at radius 3 is 2.63 bits per heavy atom. The summed E-state index contributed by atoms with van der Waals surface area (Å²) in [6, 6.07) is 0. The molecule has 1 atom stereocenters. The van der Waals surface area contributed by atoms with Gasteiger partial charge in [-0.2, -0.15) is 9.98 Å². The molecule has 0 spiro atoms. The van der Waals surface area contributed by atoms with Crippen LogP contribution in [0.3, 0.4) is 0 Å². The molecule has 2 aliphatic heterocycles. The molecule has 2 amide bonds. The normalized spacial score (nSPS) is 19.8. The van der Waals surface area contributed by atoms with E-state index in [1.807, 2.05) is 5.32 Å². The Labute approximate surface area is 105 Å². The Morgan fingerprint density at radius 2 is 2.00 bits per heavy atom. The van der Waals surface area contributed by atoms with Crippen LogP contribution in [0.15, 0.2) is 15.0 Å². The fourth-order valence-electron chi connectivity index (χ4n) is 1.38. The zero-order chi connectivity index (χ0) is 14.2. The van der Waals surface area contributed by atoms with Crippen molar-refractivity contribution < 1.29 is 24.6 Å². The first-order chi connectivity index (χ1) is 8.88. The number of amides is 2. The van der Waals surface area contributed by atoms with Crippen molar-refractivity contribution in [3.63, 3.8) is 0 Å². The number of aliphatic hydroxyl groups excluding tert-OH is 1. The summed E-state index contributed by atoms with van der Waals surface area (Å²) in [4.78, 5) is 44.0. The molecule has 0 unspecified atom stereocenters. The topological polar surface area (TPSA) is 165 Å². The highest BCUT2D eigenvalue weighted by molar-refractivity contribution is 6.73. The lowest BCUT2D eigenvalue weighted by molar-refractivity contribution is -0.146. The van der Waals surface area contributed by atoms with Crippen molar-refractivity contribution in [3.05, 3.63) is 0 Å². The molecule has 98 valence electrons. The van der Waals surface area contributed by atoms with Gasteiger partial charge in [-0.25, -0.2) is 9.79 Å². The lowest BCUT2D eigenvalue weighted by Crippen LogP contribution is -2.46. The summed E-state index contributed by atoms with van der Waals surface area (Å²) in [5.41, 5.74) is -0.672. The summed E-state index contributed by atoms with van der Waals surface area (Å²) in [7, 11) is 0. The van der Waals surface area contributed by atoms with Crippen LogP contribution < -0.4 is 5.32 Å². The van der Waals surface area contributed by atoms with E-state index < -0.39 is 36.3 Å². The molecule has 19 heavy (non-hydrogen) atoms. The number of aliphatic imine (C=N–C) groups is 3. The fraction of sp³-hybridized carbons (Fsp3) is 0.222. The van der Waals surface area contributed by atoms with Gasteiger partial charge in [-0.1, -0.05) is 0 Å². The van der Waals surface area contributed by atoms with E-state index in [4.69, 9.17) is 15.6 Å². The monoisotopic (exact) mass is 265 g/mol. The van der Waals surface area contributed by atoms with Gasteiger partial charge < -0.3 is 10.2 Å². The summed E-state index contributed by atoms with van der Waals surface area (Å²) < 4.78 is 0. The van der Waals surface area contributed by atoms with E-state index in [-0.39, 0.29) is 17.3 Å². The highest BCUT2D eigenvalue weighted by atomic mass is 16.4. The van der Waals surface area contributed by atoms with E-state index in [9.17, 15) is 14.4 Å². The molecule has 0 radical (unpaired) electrons. The standard InChI is InChI=1S/C9H7N5O5/c10-9-13-5-4(7(17)14-9)12-6(16)2(11-5)1-3(15)8(18)19/h3,15H,1H2,(H,18,19)(H2,10,14,17)/t3-/m1/s1. The van der Waals surface area contributed by atoms with Crippen LogP contribution in [-0.4, -0.2) is 57.3 Å². The molecule has 10 heteroatoms. The first-order valence-electron chi connectivity index (χ1n) is 4.99. The number of fused-ring (bicyclic) bond motifs is 1.